The molecule has 82 valence electrons. The summed E-state index contributed by atoms with van der Waals surface area (Å²) in [6.07, 6.45) is 1.12. The zero-order valence-corrected chi connectivity index (χ0v) is 10.1. The topological polar surface area (TPSA) is 46.3 Å². The normalized spacial score (nSPS) is 23.7. The van der Waals surface area contributed by atoms with Crippen LogP contribution in [0.1, 0.15) is 27.2 Å². The van der Waals surface area contributed by atoms with Crippen LogP contribution in [0.15, 0.2) is 0 Å². The van der Waals surface area contributed by atoms with Gasteiger partial charge in [-0.05, 0) is 20.3 Å². The molecule has 0 bridgehead atoms. The van der Waals surface area contributed by atoms with Crippen molar-refractivity contribution in [2.75, 3.05) is 18.8 Å². The van der Waals surface area contributed by atoms with Gasteiger partial charge < -0.3 is 10.6 Å². The molecule has 2 N–H and O–H groups in total. The largest absolute Gasteiger partial charge is 0.339 e. The molecule has 1 heterocycles. The van der Waals surface area contributed by atoms with Crippen molar-refractivity contribution in [2.45, 2.75) is 38.0 Å². The molecule has 1 atom stereocenters. The molecule has 1 amide bonds. The van der Waals surface area contributed by atoms with Crippen LogP contribution in [0.3, 0.4) is 0 Å². The summed E-state index contributed by atoms with van der Waals surface area (Å²) in [4.78, 5) is 13.8. The van der Waals surface area contributed by atoms with Crippen LogP contribution >= 0.6 is 11.8 Å². The summed E-state index contributed by atoms with van der Waals surface area (Å²) in [6.45, 7) is 7.43. The molecule has 3 nitrogen and oxygen atoms in total. The molecule has 1 aliphatic rings. The van der Waals surface area contributed by atoms with Gasteiger partial charge in [-0.1, -0.05) is 6.92 Å². The number of hydrogen-bond acceptors (Lipinski definition) is 3. The molecular formula is C10H20N2OS. The van der Waals surface area contributed by atoms with Crippen LogP contribution in [0.5, 0.6) is 0 Å². The van der Waals surface area contributed by atoms with Gasteiger partial charge in [0, 0.05) is 24.1 Å². The fourth-order valence-electron chi connectivity index (χ4n) is 1.56. The zero-order valence-electron chi connectivity index (χ0n) is 9.25. The SMILES string of the molecule is CCC1CN(C(=O)C(C)(C)N)CCS1. The van der Waals surface area contributed by atoms with Gasteiger partial charge in [0.05, 0.1) is 5.54 Å². The quantitative estimate of drug-likeness (QED) is 0.751. The number of amides is 1. The van der Waals surface area contributed by atoms with E-state index in [4.69, 9.17) is 5.73 Å². The molecule has 1 saturated heterocycles. The first-order chi connectivity index (χ1) is 6.45. The molecular weight excluding hydrogens is 196 g/mol. The minimum absolute atomic E-state index is 0.0799. The van der Waals surface area contributed by atoms with Gasteiger partial charge in [0.15, 0.2) is 0 Å². The predicted octanol–water partition coefficient (Wildman–Crippen LogP) is 1.08. The molecule has 14 heavy (non-hydrogen) atoms. The Bertz CT molecular complexity index is 213. The Hall–Kier alpha value is -0.220. The Balaban J connectivity index is 2.56. The fourth-order valence-corrected chi connectivity index (χ4v) is 2.74. The third-order valence-corrected chi connectivity index (χ3v) is 3.80. The van der Waals surface area contributed by atoms with Crippen LogP contribution in [0.2, 0.25) is 0 Å². The molecule has 0 saturated carbocycles. The van der Waals surface area contributed by atoms with Crippen LogP contribution in [0.25, 0.3) is 0 Å². The minimum atomic E-state index is -0.722. The maximum Gasteiger partial charge on any atom is 0.242 e. The van der Waals surface area contributed by atoms with Gasteiger partial charge in [-0.3, -0.25) is 4.79 Å². The van der Waals surface area contributed by atoms with Crippen LogP contribution in [0, 0.1) is 0 Å². The molecule has 0 spiro atoms. The van der Waals surface area contributed by atoms with E-state index in [9.17, 15) is 4.79 Å². The van der Waals surface area contributed by atoms with E-state index in [0.29, 0.717) is 5.25 Å². The van der Waals surface area contributed by atoms with Crippen molar-refractivity contribution in [1.29, 1.82) is 0 Å². The standard InChI is InChI=1S/C10H20N2OS/c1-4-8-7-12(5-6-14-8)9(13)10(2,3)11/h8H,4-7,11H2,1-3H3. The third-order valence-electron chi connectivity index (χ3n) is 2.43. The van der Waals surface area contributed by atoms with E-state index in [-0.39, 0.29) is 5.91 Å². The first-order valence-electron chi connectivity index (χ1n) is 5.15. The van der Waals surface area contributed by atoms with Gasteiger partial charge in [-0.2, -0.15) is 11.8 Å². The van der Waals surface area contributed by atoms with E-state index in [1.165, 1.54) is 0 Å². The smallest absolute Gasteiger partial charge is 0.242 e. The highest BCUT2D eigenvalue weighted by molar-refractivity contribution is 8.00. The molecule has 0 aromatic heterocycles. The summed E-state index contributed by atoms with van der Waals surface area (Å²) in [6, 6.07) is 0. The first kappa shape index (κ1) is 11.9. The number of nitrogens with zero attached hydrogens (tertiary/aromatic N) is 1. The van der Waals surface area contributed by atoms with E-state index in [1.807, 2.05) is 16.7 Å². The third kappa shape index (κ3) is 2.89. The van der Waals surface area contributed by atoms with Crippen LogP contribution in [0.4, 0.5) is 0 Å². The van der Waals surface area contributed by atoms with Gasteiger partial charge in [-0.25, -0.2) is 0 Å². The van der Waals surface area contributed by atoms with E-state index >= 15 is 0 Å². The molecule has 0 aromatic rings. The monoisotopic (exact) mass is 216 g/mol. The van der Waals surface area contributed by atoms with Crippen molar-refractivity contribution in [1.82, 2.24) is 4.90 Å². The van der Waals surface area contributed by atoms with Crippen molar-refractivity contribution in [3.05, 3.63) is 0 Å². The number of hydrogen-bond donors (Lipinski definition) is 1. The number of nitrogens with two attached hydrogens (primary N) is 1. The molecule has 4 heteroatoms. The summed E-state index contributed by atoms with van der Waals surface area (Å²) in [7, 11) is 0. The van der Waals surface area contributed by atoms with E-state index in [2.05, 4.69) is 6.92 Å². The van der Waals surface area contributed by atoms with Gasteiger partial charge in [-0.15, -0.1) is 0 Å². The van der Waals surface area contributed by atoms with Crippen molar-refractivity contribution in [3.63, 3.8) is 0 Å². The number of thioether (sulfide) groups is 1. The molecule has 1 unspecified atom stereocenters. The number of carbonyl (C=O) groups is 1. The molecule has 0 radical (unpaired) electrons. The Morgan fingerprint density at radius 1 is 1.64 bits per heavy atom. The molecule has 1 rings (SSSR count). The Labute approximate surface area is 90.4 Å². The van der Waals surface area contributed by atoms with Crippen molar-refractivity contribution >= 4 is 17.7 Å². The number of rotatable bonds is 2. The van der Waals surface area contributed by atoms with Gasteiger partial charge >= 0.3 is 0 Å². The average molecular weight is 216 g/mol. The lowest BCUT2D eigenvalue weighted by atomic mass is 10.1. The van der Waals surface area contributed by atoms with Crippen molar-refractivity contribution in [3.8, 4) is 0 Å². The lowest BCUT2D eigenvalue weighted by Crippen LogP contribution is -2.54. The Morgan fingerprint density at radius 3 is 2.79 bits per heavy atom. The molecule has 0 aliphatic carbocycles. The lowest BCUT2D eigenvalue weighted by molar-refractivity contribution is -0.135. The number of carbonyl (C=O) groups excluding carboxylic acids is 1. The average Bonchev–Trinajstić information content (AvgIpc) is 2.15. The van der Waals surface area contributed by atoms with E-state index in [1.54, 1.807) is 13.8 Å². The second-order valence-electron chi connectivity index (χ2n) is 4.37. The fraction of sp³-hybridized carbons (Fsp3) is 0.900. The highest BCUT2D eigenvalue weighted by Crippen LogP contribution is 2.22. The van der Waals surface area contributed by atoms with Gasteiger partial charge in [0.2, 0.25) is 5.91 Å². The van der Waals surface area contributed by atoms with Crippen molar-refractivity contribution in [2.24, 2.45) is 5.73 Å². The molecule has 1 fully saturated rings. The van der Waals surface area contributed by atoms with Crippen LogP contribution < -0.4 is 5.73 Å². The Kier molecular flexibility index (Phi) is 3.84. The zero-order chi connectivity index (χ0) is 10.8. The lowest BCUT2D eigenvalue weighted by Gasteiger charge is -2.35. The maximum atomic E-state index is 11.9. The highest BCUT2D eigenvalue weighted by atomic mass is 32.2. The predicted molar refractivity (Wildman–Crippen MR) is 61.4 cm³/mol. The summed E-state index contributed by atoms with van der Waals surface area (Å²) in [5.74, 6) is 1.12. The first-order valence-corrected chi connectivity index (χ1v) is 6.20. The summed E-state index contributed by atoms with van der Waals surface area (Å²) in [5.41, 5.74) is 5.08. The van der Waals surface area contributed by atoms with E-state index < -0.39 is 5.54 Å². The highest BCUT2D eigenvalue weighted by Gasteiger charge is 2.30. The van der Waals surface area contributed by atoms with Crippen molar-refractivity contribution < 1.29 is 4.79 Å². The van der Waals surface area contributed by atoms with Gasteiger partial charge in [0.1, 0.15) is 0 Å². The summed E-state index contributed by atoms with van der Waals surface area (Å²) >= 11 is 1.96. The second kappa shape index (κ2) is 4.53. The van der Waals surface area contributed by atoms with Gasteiger partial charge in [0.25, 0.3) is 0 Å². The molecule has 0 aromatic carbocycles. The van der Waals surface area contributed by atoms with Crippen LogP contribution in [-0.2, 0) is 4.79 Å². The summed E-state index contributed by atoms with van der Waals surface area (Å²) < 4.78 is 0. The molecule has 1 aliphatic heterocycles. The minimum Gasteiger partial charge on any atom is -0.339 e. The maximum absolute atomic E-state index is 11.9. The Morgan fingerprint density at radius 2 is 2.29 bits per heavy atom. The summed E-state index contributed by atoms with van der Waals surface area (Å²) in [5, 5.41) is 0.593. The second-order valence-corrected chi connectivity index (χ2v) is 5.78. The van der Waals surface area contributed by atoms with E-state index in [0.717, 1.165) is 25.3 Å². The van der Waals surface area contributed by atoms with Crippen LogP contribution in [-0.4, -0.2) is 40.4 Å².